The third kappa shape index (κ3) is 8.26. The molecule has 0 bridgehead atoms. The number of hydrogen-bond acceptors (Lipinski definition) is 0. The SMILES string of the molecule is CCCCCc1ccc(C2CCC(C3CCC(c4ccc(C5CCC(CCCCC)CC5)cc4F)CC3)CC2)cc1F. The molecule has 3 aliphatic carbocycles. The summed E-state index contributed by atoms with van der Waals surface area (Å²) < 4.78 is 30.2. The van der Waals surface area contributed by atoms with Crippen LogP contribution >= 0.6 is 0 Å². The maximum atomic E-state index is 15.4. The van der Waals surface area contributed by atoms with E-state index in [2.05, 4.69) is 38.1 Å². The van der Waals surface area contributed by atoms with Gasteiger partial charge in [-0.05, 0) is 160 Å². The lowest BCUT2D eigenvalue weighted by atomic mass is 9.67. The van der Waals surface area contributed by atoms with Gasteiger partial charge in [-0.25, -0.2) is 8.78 Å². The van der Waals surface area contributed by atoms with Crippen LogP contribution in [0.5, 0.6) is 0 Å². The van der Waals surface area contributed by atoms with Crippen LogP contribution in [0.4, 0.5) is 8.78 Å². The molecule has 2 heteroatoms. The van der Waals surface area contributed by atoms with E-state index >= 15 is 4.39 Å². The van der Waals surface area contributed by atoms with Gasteiger partial charge in [-0.15, -0.1) is 0 Å². The van der Waals surface area contributed by atoms with Gasteiger partial charge >= 0.3 is 0 Å². The second kappa shape index (κ2) is 15.9. The Balaban J connectivity index is 1.06. The summed E-state index contributed by atoms with van der Waals surface area (Å²) in [5.41, 5.74) is 4.34. The molecule has 0 nitrogen and oxygen atoms in total. The minimum absolute atomic E-state index is 0.00880. The first-order chi connectivity index (χ1) is 20.6. The molecule has 232 valence electrons. The predicted molar refractivity (Wildman–Crippen MR) is 174 cm³/mol. The van der Waals surface area contributed by atoms with Crippen molar-refractivity contribution >= 4 is 0 Å². The van der Waals surface area contributed by atoms with Crippen molar-refractivity contribution in [2.75, 3.05) is 0 Å². The molecule has 42 heavy (non-hydrogen) atoms. The zero-order valence-electron chi connectivity index (χ0n) is 26.8. The highest BCUT2D eigenvalue weighted by Crippen LogP contribution is 2.47. The van der Waals surface area contributed by atoms with Gasteiger partial charge in [-0.3, -0.25) is 0 Å². The lowest BCUT2D eigenvalue weighted by Crippen LogP contribution is -2.25. The van der Waals surface area contributed by atoms with Crippen LogP contribution < -0.4 is 0 Å². The first-order valence-corrected chi connectivity index (χ1v) is 18.1. The molecular formula is C40H58F2. The Morgan fingerprint density at radius 1 is 0.548 bits per heavy atom. The number of halogens is 2. The Bertz CT molecular complexity index is 1080. The lowest BCUT2D eigenvalue weighted by molar-refractivity contribution is 0.176. The van der Waals surface area contributed by atoms with E-state index in [4.69, 9.17) is 0 Å². The number of aryl methyl sites for hydroxylation is 1. The molecule has 5 rings (SSSR count). The van der Waals surface area contributed by atoms with Gasteiger partial charge in [-0.2, -0.15) is 0 Å². The van der Waals surface area contributed by atoms with Gasteiger partial charge in [0.2, 0.25) is 0 Å². The summed E-state index contributed by atoms with van der Waals surface area (Å²) >= 11 is 0. The van der Waals surface area contributed by atoms with E-state index in [0.29, 0.717) is 17.8 Å². The molecule has 3 fully saturated rings. The summed E-state index contributed by atoms with van der Waals surface area (Å²) in [5, 5.41) is 0. The van der Waals surface area contributed by atoms with E-state index in [-0.39, 0.29) is 11.6 Å². The van der Waals surface area contributed by atoms with Crippen molar-refractivity contribution in [2.24, 2.45) is 17.8 Å². The predicted octanol–water partition coefficient (Wildman–Crippen LogP) is 12.8. The van der Waals surface area contributed by atoms with Crippen LogP contribution in [0, 0.1) is 29.4 Å². The van der Waals surface area contributed by atoms with E-state index in [1.165, 1.54) is 114 Å². The molecule has 0 N–H and O–H groups in total. The fourth-order valence-electron chi connectivity index (χ4n) is 9.01. The zero-order valence-corrected chi connectivity index (χ0v) is 26.8. The molecule has 0 spiro atoms. The van der Waals surface area contributed by atoms with Crippen molar-refractivity contribution in [3.05, 3.63) is 70.3 Å². The molecule has 0 radical (unpaired) electrons. The molecule has 0 heterocycles. The van der Waals surface area contributed by atoms with Crippen molar-refractivity contribution < 1.29 is 8.78 Å². The Hall–Kier alpha value is -1.70. The van der Waals surface area contributed by atoms with E-state index in [0.717, 1.165) is 54.6 Å². The number of unbranched alkanes of at least 4 members (excludes halogenated alkanes) is 4. The fraction of sp³-hybridized carbons (Fsp3) is 0.700. The average Bonchev–Trinajstić information content (AvgIpc) is 3.02. The van der Waals surface area contributed by atoms with Crippen LogP contribution in [0.3, 0.4) is 0 Å². The van der Waals surface area contributed by atoms with Gasteiger partial charge in [0.25, 0.3) is 0 Å². The van der Waals surface area contributed by atoms with E-state index < -0.39 is 0 Å². The number of rotatable bonds is 12. The molecule has 3 saturated carbocycles. The third-order valence-corrected chi connectivity index (χ3v) is 11.8. The quantitative estimate of drug-likeness (QED) is 0.220. The maximum absolute atomic E-state index is 15.4. The minimum atomic E-state index is 0.00880. The molecule has 3 aliphatic rings. The topological polar surface area (TPSA) is 0 Å². The highest BCUT2D eigenvalue weighted by molar-refractivity contribution is 5.30. The minimum Gasteiger partial charge on any atom is -0.207 e. The van der Waals surface area contributed by atoms with Gasteiger partial charge in [0.05, 0.1) is 0 Å². The summed E-state index contributed by atoms with van der Waals surface area (Å²) in [4.78, 5) is 0. The van der Waals surface area contributed by atoms with E-state index in [9.17, 15) is 4.39 Å². The smallest absolute Gasteiger partial charge is 0.126 e. The molecule has 0 aliphatic heterocycles. The fourth-order valence-corrected chi connectivity index (χ4v) is 9.01. The van der Waals surface area contributed by atoms with Crippen molar-refractivity contribution in [1.29, 1.82) is 0 Å². The van der Waals surface area contributed by atoms with Gasteiger partial charge in [0.15, 0.2) is 0 Å². The Morgan fingerprint density at radius 3 is 1.64 bits per heavy atom. The van der Waals surface area contributed by atoms with Gasteiger partial charge in [0, 0.05) is 0 Å². The Kier molecular flexibility index (Phi) is 12.0. The molecule has 0 aromatic heterocycles. The first kappa shape index (κ1) is 31.7. The van der Waals surface area contributed by atoms with Crippen LogP contribution in [-0.4, -0.2) is 0 Å². The first-order valence-electron chi connectivity index (χ1n) is 18.1. The van der Waals surface area contributed by atoms with Crippen LogP contribution in [0.2, 0.25) is 0 Å². The van der Waals surface area contributed by atoms with Crippen molar-refractivity contribution in [1.82, 2.24) is 0 Å². The van der Waals surface area contributed by atoms with Gasteiger partial charge < -0.3 is 0 Å². The van der Waals surface area contributed by atoms with E-state index in [1.807, 2.05) is 12.1 Å². The molecule has 2 aromatic carbocycles. The van der Waals surface area contributed by atoms with Crippen molar-refractivity contribution in [3.8, 4) is 0 Å². The van der Waals surface area contributed by atoms with Crippen LogP contribution in [-0.2, 0) is 6.42 Å². The second-order valence-corrected chi connectivity index (χ2v) is 14.5. The summed E-state index contributed by atoms with van der Waals surface area (Å²) in [7, 11) is 0. The second-order valence-electron chi connectivity index (χ2n) is 14.5. The average molecular weight is 577 g/mol. The van der Waals surface area contributed by atoms with Gasteiger partial charge in [0.1, 0.15) is 11.6 Å². The normalized spacial score (nSPS) is 28.6. The zero-order chi connectivity index (χ0) is 29.3. The molecule has 0 unspecified atom stereocenters. The Labute approximate surface area is 256 Å². The van der Waals surface area contributed by atoms with Crippen LogP contribution in [0.1, 0.15) is 176 Å². The van der Waals surface area contributed by atoms with Crippen molar-refractivity contribution in [3.63, 3.8) is 0 Å². The maximum Gasteiger partial charge on any atom is 0.126 e. The summed E-state index contributed by atoms with van der Waals surface area (Å²) in [6, 6.07) is 12.4. The Morgan fingerprint density at radius 2 is 1.07 bits per heavy atom. The van der Waals surface area contributed by atoms with Crippen molar-refractivity contribution in [2.45, 2.75) is 160 Å². The standard InChI is InChI=1S/C40H58F2/c1-3-5-7-9-29-11-13-32(14-12-29)37-25-26-38(40(42)28-37)34-21-19-31(20-22-34)30-15-17-33(18-16-30)36-24-23-35(39(41)27-36)10-8-6-4-2/h23-34H,3-22H2,1-2H3. The van der Waals surface area contributed by atoms with Crippen LogP contribution in [0.25, 0.3) is 0 Å². The largest absolute Gasteiger partial charge is 0.207 e. The summed E-state index contributed by atoms with van der Waals surface area (Å²) in [6.45, 7) is 4.48. The van der Waals surface area contributed by atoms with E-state index in [1.54, 1.807) is 0 Å². The van der Waals surface area contributed by atoms with Crippen LogP contribution in [0.15, 0.2) is 36.4 Å². The molecule has 0 amide bonds. The number of hydrogen-bond donors (Lipinski definition) is 0. The molecule has 0 saturated heterocycles. The molecular weight excluding hydrogens is 518 g/mol. The monoisotopic (exact) mass is 576 g/mol. The third-order valence-electron chi connectivity index (χ3n) is 11.8. The molecule has 2 aromatic rings. The van der Waals surface area contributed by atoms with Gasteiger partial charge in [-0.1, -0.05) is 76.6 Å². The summed E-state index contributed by atoms with van der Waals surface area (Å²) in [5.74, 6) is 4.01. The lowest BCUT2D eigenvalue weighted by Gasteiger charge is -2.38. The molecule has 0 atom stereocenters. The highest BCUT2D eigenvalue weighted by Gasteiger charge is 2.33. The highest BCUT2D eigenvalue weighted by atomic mass is 19.1. The summed E-state index contributed by atoms with van der Waals surface area (Å²) in [6.07, 6.45) is 24.5. The number of benzene rings is 2.